The van der Waals surface area contributed by atoms with Crippen LogP contribution in [0, 0.1) is 13.8 Å². The van der Waals surface area contributed by atoms with Gasteiger partial charge in [-0.2, -0.15) is 5.10 Å². The zero-order valence-electron chi connectivity index (χ0n) is 14.9. The Balaban J connectivity index is 2.29. The molecule has 0 saturated heterocycles. The van der Waals surface area contributed by atoms with Gasteiger partial charge in [0.2, 0.25) is 0 Å². The molecule has 2 rings (SSSR count). The molecule has 0 bridgehead atoms. The second kappa shape index (κ2) is 7.48. The number of hydrogen-bond donors (Lipinski definition) is 2. The van der Waals surface area contributed by atoms with Crippen molar-refractivity contribution >= 4 is 11.9 Å². The van der Waals surface area contributed by atoms with Gasteiger partial charge in [-0.15, -0.1) is 0 Å². The molecule has 0 radical (unpaired) electrons. The zero-order valence-corrected chi connectivity index (χ0v) is 14.9. The molecule has 0 saturated carbocycles. The predicted molar refractivity (Wildman–Crippen MR) is 93.0 cm³/mol. The van der Waals surface area contributed by atoms with Crippen LogP contribution in [-0.2, 0) is 9.53 Å². The van der Waals surface area contributed by atoms with Crippen molar-refractivity contribution in [2.24, 2.45) is 0 Å². The van der Waals surface area contributed by atoms with Crippen LogP contribution in [0.2, 0.25) is 0 Å². The smallest absolute Gasteiger partial charge is 0.305 e. The first-order valence-electron chi connectivity index (χ1n) is 7.91. The van der Waals surface area contributed by atoms with E-state index in [4.69, 9.17) is 9.84 Å². The van der Waals surface area contributed by atoms with Gasteiger partial charge in [0.1, 0.15) is 0 Å². The number of nitrogens with zero attached hydrogens (tertiary/aromatic N) is 2. The number of aliphatic carboxylic acids is 1. The largest absolute Gasteiger partial charge is 0.481 e. The maximum atomic E-state index is 12.7. The summed E-state index contributed by atoms with van der Waals surface area (Å²) in [5, 5.41) is 16.2. The van der Waals surface area contributed by atoms with Gasteiger partial charge >= 0.3 is 5.97 Å². The SMILES string of the molecule is COCC(C)(CC(=O)O)NC(=O)c1cnn(-c2ccccc2C)c1C. The molecule has 7 heteroatoms. The fraction of sp³-hybridized carbons (Fsp3) is 0.389. The molecule has 134 valence electrons. The number of carboxylic acid groups (broad SMARTS) is 1. The summed E-state index contributed by atoms with van der Waals surface area (Å²) in [5.74, 6) is -1.38. The minimum absolute atomic E-state index is 0.0933. The van der Waals surface area contributed by atoms with Crippen LogP contribution >= 0.6 is 0 Å². The van der Waals surface area contributed by atoms with Crippen molar-refractivity contribution in [3.8, 4) is 5.69 Å². The number of rotatable bonds is 7. The van der Waals surface area contributed by atoms with E-state index in [9.17, 15) is 9.59 Å². The lowest BCUT2D eigenvalue weighted by molar-refractivity contribution is -0.139. The fourth-order valence-electron chi connectivity index (χ4n) is 2.80. The average molecular weight is 345 g/mol. The monoisotopic (exact) mass is 345 g/mol. The number of aryl methyl sites for hydroxylation is 1. The number of para-hydroxylation sites is 1. The van der Waals surface area contributed by atoms with Gasteiger partial charge in [-0.25, -0.2) is 4.68 Å². The summed E-state index contributed by atoms with van der Waals surface area (Å²) in [7, 11) is 1.47. The Labute approximate surface area is 146 Å². The average Bonchev–Trinajstić information content (AvgIpc) is 2.88. The van der Waals surface area contributed by atoms with Gasteiger partial charge in [0.15, 0.2) is 0 Å². The number of nitrogens with one attached hydrogen (secondary N) is 1. The highest BCUT2D eigenvalue weighted by molar-refractivity contribution is 5.96. The van der Waals surface area contributed by atoms with Crippen LogP contribution in [-0.4, -0.2) is 46.0 Å². The van der Waals surface area contributed by atoms with Gasteiger partial charge < -0.3 is 15.2 Å². The van der Waals surface area contributed by atoms with Crippen LogP contribution in [0.3, 0.4) is 0 Å². The number of amides is 1. The van der Waals surface area contributed by atoms with Crippen molar-refractivity contribution in [2.45, 2.75) is 32.7 Å². The number of hydrogen-bond acceptors (Lipinski definition) is 4. The summed E-state index contributed by atoms with van der Waals surface area (Å²) in [6.45, 7) is 5.51. The fourth-order valence-corrected chi connectivity index (χ4v) is 2.80. The molecule has 0 aliphatic heterocycles. The molecule has 0 fully saturated rings. The van der Waals surface area contributed by atoms with Gasteiger partial charge in [0.25, 0.3) is 5.91 Å². The summed E-state index contributed by atoms with van der Waals surface area (Å²) in [5.41, 5.74) is 2.01. The van der Waals surface area contributed by atoms with E-state index in [1.165, 1.54) is 13.3 Å². The van der Waals surface area contributed by atoms with E-state index in [1.807, 2.05) is 31.2 Å². The van der Waals surface area contributed by atoms with Gasteiger partial charge in [-0.1, -0.05) is 18.2 Å². The van der Waals surface area contributed by atoms with Gasteiger partial charge in [-0.05, 0) is 32.4 Å². The summed E-state index contributed by atoms with van der Waals surface area (Å²) < 4.78 is 6.77. The third-order valence-electron chi connectivity index (χ3n) is 4.02. The number of carbonyl (C=O) groups excluding carboxylic acids is 1. The second-order valence-electron chi connectivity index (χ2n) is 6.36. The minimum atomic E-state index is -1.01. The van der Waals surface area contributed by atoms with Gasteiger partial charge in [0, 0.05) is 7.11 Å². The number of carboxylic acids is 1. The Bertz CT molecular complexity index is 784. The molecular weight excluding hydrogens is 322 g/mol. The van der Waals surface area contributed by atoms with Crippen molar-refractivity contribution in [1.29, 1.82) is 0 Å². The molecule has 25 heavy (non-hydrogen) atoms. The van der Waals surface area contributed by atoms with Crippen molar-refractivity contribution in [3.05, 3.63) is 47.3 Å². The van der Waals surface area contributed by atoms with Crippen molar-refractivity contribution in [2.75, 3.05) is 13.7 Å². The van der Waals surface area contributed by atoms with Crippen LogP contribution < -0.4 is 5.32 Å². The first-order valence-corrected chi connectivity index (χ1v) is 7.91. The topological polar surface area (TPSA) is 93.4 Å². The molecule has 1 aromatic heterocycles. The van der Waals surface area contributed by atoms with Crippen LogP contribution in [0.4, 0.5) is 0 Å². The molecule has 2 N–H and O–H groups in total. The van der Waals surface area contributed by atoms with E-state index in [2.05, 4.69) is 10.4 Å². The van der Waals surface area contributed by atoms with Gasteiger partial charge in [-0.3, -0.25) is 9.59 Å². The Morgan fingerprint density at radius 2 is 2.00 bits per heavy atom. The van der Waals surface area contributed by atoms with E-state index in [0.717, 1.165) is 11.3 Å². The quantitative estimate of drug-likeness (QED) is 0.801. The predicted octanol–water partition coefficient (Wildman–Crippen LogP) is 2.10. The van der Waals surface area contributed by atoms with Crippen LogP contribution in [0.15, 0.2) is 30.5 Å². The molecule has 0 aliphatic carbocycles. The molecule has 1 unspecified atom stereocenters. The van der Waals surface area contributed by atoms with Gasteiger partial charge in [0.05, 0.1) is 41.7 Å². The van der Waals surface area contributed by atoms with Crippen molar-refractivity contribution < 1.29 is 19.4 Å². The van der Waals surface area contributed by atoms with E-state index >= 15 is 0 Å². The molecule has 0 aliphatic rings. The highest BCUT2D eigenvalue weighted by atomic mass is 16.5. The lowest BCUT2D eigenvalue weighted by Crippen LogP contribution is -2.50. The first kappa shape index (κ1) is 18.7. The Kier molecular flexibility index (Phi) is 5.58. The molecule has 1 amide bonds. The zero-order chi connectivity index (χ0) is 18.6. The van der Waals surface area contributed by atoms with Crippen molar-refractivity contribution in [3.63, 3.8) is 0 Å². The Morgan fingerprint density at radius 3 is 2.60 bits per heavy atom. The third kappa shape index (κ3) is 4.24. The third-order valence-corrected chi connectivity index (χ3v) is 4.02. The summed E-state index contributed by atoms with van der Waals surface area (Å²) in [4.78, 5) is 23.7. The number of methoxy groups -OCH3 is 1. The second-order valence-corrected chi connectivity index (χ2v) is 6.36. The van der Waals surface area contributed by atoms with E-state index in [-0.39, 0.29) is 18.9 Å². The molecule has 2 aromatic rings. The van der Waals surface area contributed by atoms with E-state index in [0.29, 0.717) is 11.3 Å². The maximum Gasteiger partial charge on any atom is 0.305 e. The molecular formula is C18H23N3O4. The first-order chi connectivity index (χ1) is 11.8. The van der Waals surface area contributed by atoms with E-state index in [1.54, 1.807) is 18.5 Å². The highest BCUT2D eigenvalue weighted by Crippen LogP contribution is 2.19. The van der Waals surface area contributed by atoms with Crippen LogP contribution in [0.25, 0.3) is 5.69 Å². The molecule has 1 heterocycles. The van der Waals surface area contributed by atoms with Crippen LogP contribution in [0.5, 0.6) is 0 Å². The summed E-state index contributed by atoms with van der Waals surface area (Å²) in [6, 6.07) is 7.74. The number of ether oxygens (including phenoxy) is 1. The molecule has 1 atom stereocenters. The number of benzene rings is 1. The number of carbonyl (C=O) groups is 2. The Hall–Kier alpha value is -2.67. The normalized spacial score (nSPS) is 13.3. The van der Waals surface area contributed by atoms with E-state index < -0.39 is 11.5 Å². The molecule has 1 aromatic carbocycles. The minimum Gasteiger partial charge on any atom is -0.481 e. The van der Waals surface area contributed by atoms with Crippen LogP contribution in [0.1, 0.15) is 35.0 Å². The standard InChI is InChI=1S/C18H23N3O4/c1-12-7-5-6-8-15(12)21-13(2)14(10-19-21)17(24)20-18(3,11-25-4)9-16(22)23/h5-8,10H,9,11H2,1-4H3,(H,20,24)(H,22,23). The Morgan fingerprint density at radius 1 is 1.32 bits per heavy atom. The highest BCUT2D eigenvalue weighted by Gasteiger charge is 2.31. The lowest BCUT2D eigenvalue weighted by atomic mass is 9.98. The lowest BCUT2D eigenvalue weighted by Gasteiger charge is -2.28. The summed E-state index contributed by atoms with van der Waals surface area (Å²) >= 11 is 0. The molecule has 0 spiro atoms. The number of aromatic nitrogens is 2. The molecule has 7 nitrogen and oxygen atoms in total. The maximum absolute atomic E-state index is 12.7. The summed E-state index contributed by atoms with van der Waals surface area (Å²) in [6.07, 6.45) is 1.25. The van der Waals surface area contributed by atoms with Crippen molar-refractivity contribution in [1.82, 2.24) is 15.1 Å².